The summed E-state index contributed by atoms with van der Waals surface area (Å²) in [5.74, 6) is 9.07. The number of hydrogen-bond donors (Lipinski definition) is 3. The lowest BCUT2D eigenvalue weighted by molar-refractivity contribution is -0.138. The van der Waals surface area contributed by atoms with Crippen LogP contribution in [-0.4, -0.2) is 90.7 Å². The Hall–Kier alpha value is -5.42. The van der Waals surface area contributed by atoms with Crippen molar-refractivity contribution in [2.45, 2.75) is 24.0 Å². The molecule has 3 N–H and O–H groups in total. The van der Waals surface area contributed by atoms with Gasteiger partial charge in [-0.05, 0) is 47.5 Å². The van der Waals surface area contributed by atoms with Crippen LogP contribution in [0.4, 0.5) is 0 Å². The van der Waals surface area contributed by atoms with Crippen LogP contribution in [0, 0.1) is 23.7 Å². The number of carboxylic acids is 1. The van der Waals surface area contributed by atoms with Gasteiger partial charge in [-0.25, -0.2) is 9.78 Å². The van der Waals surface area contributed by atoms with Crippen molar-refractivity contribution in [1.82, 2.24) is 19.2 Å². The number of imidazole rings is 1. The van der Waals surface area contributed by atoms with Crippen LogP contribution in [-0.2, 0) is 9.59 Å². The summed E-state index contributed by atoms with van der Waals surface area (Å²) in [6, 6.07) is 18.0. The first-order chi connectivity index (χ1) is 21.0. The zero-order valence-electron chi connectivity index (χ0n) is 24.0. The molecule has 4 heterocycles. The van der Waals surface area contributed by atoms with Crippen molar-refractivity contribution in [1.29, 1.82) is 0 Å². The largest absolute Gasteiger partial charge is 0.475 e. The number of fused-ring (bicyclic) bond motifs is 1. The molecule has 44 heavy (non-hydrogen) atoms. The van der Waals surface area contributed by atoms with E-state index < -0.39 is 29.0 Å². The fourth-order valence-corrected chi connectivity index (χ4v) is 5.44. The zero-order chi connectivity index (χ0) is 31.2. The Morgan fingerprint density at radius 3 is 1.84 bits per heavy atom. The van der Waals surface area contributed by atoms with Crippen LogP contribution in [0.25, 0.3) is 27.9 Å². The number of likely N-dealkylation sites (tertiary alicyclic amines) is 2. The molecule has 0 spiro atoms. The lowest BCUT2D eigenvalue weighted by Gasteiger charge is -2.13. The maximum absolute atomic E-state index is 12.3. The molecule has 10 nitrogen and oxygen atoms in total. The van der Waals surface area contributed by atoms with E-state index in [4.69, 9.17) is 0 Å². The van der Waals surface area contributed by atoms with Crippen LogP contribution in [0.2, 0.25) is 0 Å². The number of likely N-dealkylation sites (N-methyl/N-ethyl adjacent to an activating group) is 2. The molecule has 0 radical (unpaired) electrons. The van der Waals surface area contributed by atoms with Gasteiger partial charge in [0.05, 0.1) is 11.2 Å². The van der Waals surface area contributed by atoms with Crippen LogP contribution in [0.5, 0.6) is 0 Å². The average molecular weight is 589 g/mol. The number of nitrogens with zero attached hydrogens (tertiary/aromatic N) is 4. The number of carbonyl (C=O) groups excluding carboxylic acids is 2. The molecule has 2 saturated heterocycles. The number of carboxylic acid groups (broad SMARTS) is 1. The van der Waals surface area contributed by atoms with Gasteiger partial charge >= 0.3 is 5.97 Å². The third kappa shape index (κ3) is 5.07. The molecule has 2 aliphatic rings. The van der Waals surface area contributed by atoms with Crippen molar-refractivity contribution in [3.05, 3.63) is 83.8 Å². The molecule has 0 aliphatic carbocycles. The SMILES string of the molecule is CN1CCC(O)(C#Cc2cccc(-c3ccn4c(C(=O)O)nc(-c5cccc(C#CC6(O)CCN(C)C6=O)c5)c4c3)c2)C1=O. The highest BCUT2D eigenvalue weighted by atomic mass is 16.4. The maximum Gasteiger partial charge on any atom is 0.372 e. The van der Waals surface area contributed by atoms with Gasteiger partial charge in [-0.3, -0.25) is 14.0 Å². The van der Waals surface area contributed by atoms with E-state index in [-0.39, 0.29) is 18.7 Å². The van der Waals surface area contributed by atoms with Gasteiger partial charge in [-0.1, -0.05) is 47.9 Å². The van der Waals surface area contributed by atoms with Gasteiger partial charge in [-0.2, -0.15) is 0 Å². The highest BCUT2D eigenvalue weighted by Gasteiger charge is 2.43. The summed E-state index contributed by atoms with van der Waals surface area (Å²) < 4.78 is 1.50. The van der Waals surface area contributed by atoms with E-state index >= 15 is 0 Å². The van der Waals surface area contributed by atoms with E-state index in [2.05, 4.69) is 28.7 Å². The number of pyridine rings is 1. The summed E-state index contributed by atoms with van der Waals surface area (Å²) in [5, 5.41) is 31.2. The first-order valence-corrected chi connectivity index (χ1v) is 14.0. The molecule has 6 rings (SSSR count). The molecule has 4 aromatic rings. The normalized spacial score (nSPS) is 21.3. The first kappa shape index (κ1) is 28.7. The molecule has 2 unspecified atom stereocenters. The van der Waals surface area contributed by atoms with Crippen LogP contribution < -0.4 is 0 Å². The molecule has 2 atom stereocenters. The van der Waals surface area contributed by atoms with E-state index in [9.17, 15) is 29.7 Å². The Morgan fingerprint density at radius 1 is 0.795 bits per heavy atom. The molecule has 2 fully saturated rings. The number of carbonyl (C=O) groups is 3. The molecule has 220 valence electrons. The Balaban J connectivity index is 1.38. The quantitative estimate of drug-likeness (QED) is 0.313. The number of benzene rings is 2. The van der Waals surface area contributed by atoms with Gasteiger partial charge in [-0.15, -0.1) is 0 Å². The summed E-state index contributed by atoms with van der Waals surface area (Å²) in [6.45, 7) is 0.852. The highest BCUT2D eigenvalue weighted by molar-refractivity contribution is 5.92. The third-order valence-corrected chi connectivity index (χ3v) is 8.01. The van der Waals surface area contributed by atoms with E-state index in [1.165, 1.54) is 14.2 Å². The second-order valence-corrected chi connectivity index (χ2v) is 11.1. The summed E-state index contributed by atoms with van der Waals surface area (Å²) in [7, 11) is 3.25. The van der Waals surface area contributed by atoms with E-state index in [1.54, 1.807) is 56.7 Å². The molecule has 2 aliphatic heterocycles. The summed E-state index contributed by atoms with van der Waals surface area (Å²) in [4.78, 5) is 44.1. The minimum Gasteiger partial charge on any atom is -0.475 e. The van der Waals surface area contributed by atoms with Gasteiger partial charge in [0, 0.05) is 62.9 Å². The van der Waals surface area contributed by atoms with Crippen LogP contribution in [0.15, 0.2) is 66.9 Å². The fraction of sp³-hybridized carbons (Fsp3) is 0.235. The van der Waals surface area contributed by atoms with Gasteiger partial charge < -0.3 is 25.1 Å². The minimum absolute atomic E-state index is 0.161. The second kappa shape index (κ2) is 10.7. The first-order valence-electron chi connectivity index (χ1n) is 14.0. The van der Waals surface area contributed by atoms with Crippen molar-refractivity contribution >= 4 is 23.3 Å². The number of aromatic nitrogens is 2. The summed E-state index contributed by atoms with van der Waals surface area (Å²) >= 11 is 0. The Kier molecular flexibility index (Phi) is 6.97. The van der Waals surface area contributed by atoms with Gasteiger partial charge in [0.25, 0.3) is 11.8 Å². The summed E-state index contributed by atoms with van der Waals surface area (Å²) in [6.07, 6.45) is 2.10. The van der Waals surface area contributed by atoms with Gasteiger partial charge in [0.2, 0.25) is 17.0 Å². The van der Waals surface area contributed by atoms with Crippen molar-refractivity contribution < 1.29 is 29.7 Å². The van der Waals surface area contributed by atoms with E-state index in [1.807, 2.05) is 24.3 Å². The Bertz CT molecular complexity index is 1990. The lowest BCUT2D eigenvalue weighted by Crippen LogP contribution is -2.37. The van der Waals surface area contributed by atoms with Gasteiger partial charge in [0.1, 0.15) is 0 Å². The van der Waals surface area contributed by atoms with E-state index in [0.717, 1.165) is 11.1 Å². The maximum atomic E-state index is 12.3. The molecule has 0 saturated carbocycles. The number of amides is 2. The van der Waals surface area contributed by atoms with Crippen LogP contribution in [0.1, 0.15) is 34.6 Å². The Labute approximate surface area is 253 Å². The molecule has 2 aromatic heterocycles. The van der Waals surface area contributed by atoms with Crippen LogP contribution in [0.3, 0.4) is 0 Å². The monoisotopic (exact) mass is 588 g/mol. The zero-order valence-corrected chi connectivity index (χ0v) is 24.0. The third-order valence-electron chi connectivity index (χ3n) is 8.01. The predicted octanol–water partition coefficient (Wildman–Crippen LogP) is 2.26. The Morgan fingerprint density at radius 2 is 1.32 bits per heavy atom. The predicted molar refractivity (Wildman–Crippen MR) is 161 cm³/mol. The van der Waals surface area contributed by atoms with Crippen LogP contribution >= 0.6 is 0 Å². The van der Waals surface area contributed by atoms with Gasteiger partial charge in [0.15, 0.2) is 0 Å². The molecule has 10 heteroatoms. The minimum atomic E-state index is -1.74. The second-order valence-electron chi connectivity index (χ2n) is 11.1. The molecular weight excluding hydrogens is 560 g/mol. The topological polar surface area (TPSA) is 136 Å². The standard InChI is InChI=1S/C34H28N4O6/c1-36-17-14-33(43,31(36)41)12-9-22-5-3-7-24(19-22)25-11-16-38-27(21-25)28(35-29(38)30(39)40)26-8-4-6-23(20-26)10-13-34(44)15-18-37(2)32(34)42/h3-8,11,16,19-21,43-44H,14-15,17-18H2,1-2H3,(H,39,40). The molecule has 2 aromatic carbocycles. The van der Waals surface area contributed by atoms with Crippen molar-refractivity contribution in [2.75, 3.05) is 27.2 Å². The van der Waals surface area contributed by atoms with Crippen molar-refractivity contribution in [3.63, 3.8) is 0 Å². The summed E-state index contributed by atoms with van der Waals surface area (Å²) in [5.41, 5.74) is 0.845. The van der Waals surface area contributed by atoms with Crippen molar-refractivity contribution in [2.24, 2.45) is 0 Å². The molecule has 2 amide bonds. The fourth-order valence-electron chi connectivity index (χ4n) is 5.44. The smallest absolute Gasteiger partial charge is 0.372 e. The average Bonchev–Trinajstić information content (AvgIpc) is 3.63. The number of aliphatic hydroxyl groups is 2. The molecular formula is C34H28N4O6. The van der Waals surface area contributed by atoms with E-state index in [0.29, 0.717) is 41.0 Å². The molecule has 0 bridgehead atoms. The highest BCUT2D eigenvalue weighted by Crippen LogP contribution is 2.30. The van der Waals surface area contributed by atoms with Crippen molar-refractivity contribution in [3.8, 4) is 46.1 Å². The number of aromatic carboxylic acids is 1. The number of hydrogen-bond acceptors (Lipinski definition) is 6. The lowest BCUT2D eigenvalue weighted by atomic mass is 10.00. The number of rotatable bonds is 3.